The molecule has 154 valence electrons. The first-order chi connectivity index (χ1) is 14.0. The van der Waals surface area contributed by atoms with Crippen LogP contribution in [0.5, 0.6) is 5.75 Å². The van der Waals surface area contributed by atoms with Crippen LogP contribution in [0.1, 0.15) is 49.5 Å². The van der Waals surface area contributed by atoms with E-state index in [0.29, 0.717) is 18.8 Å². The lowest BCUT2D eigenvalue weighted by atomic mass is 9.82. The van der Waals surface area contributed by atoms with E-state index in [9.17, 15) is 9.59 Å². The van der Waals surface area contributed by atoms with Gasteiger partial charge in [0.05, 0.1) is 0 Å². The molecular formula is C24H30N2O3. The quantitative estimate of drug-likeness (QED) is 0.665. The normalized spacial score (nSPS) is 15.2. The van der Waals surface area contributed by atoms with Gasteiger partial charge in [-0.25, -0.2) is 4.79 Å². The Morgan fingerprint density at radius 2 is 1.48 bits per heavy atom. The number of amides is 1. The van der Waals surface area contributed by atoms with Crippen molar-refractivity contribution in [1.82, 2.24) is 9.80 Å². The molecule has 0 aliphatic carbocycles. The lowest BCUT2D eigenvalue weighted by molar-refractivity contribution is 0.0264. The predicted octanol–water partition coefficient (Wildman–Crippen LogP) is 4.72. The zero-order valence-corrected chi connectivity index (χ0v) is 17.6. The zero-order chi connectivity index (χ0) is 20.9. The van der Waals surface area contributed by atoms with Crippen LogP contribution < -0.4 is 4.74 Å². The number of nitrogens with zero attached hydrogens (tertiary/aromatic N) is 2. The molecule has 2 aromatic rings. The van der Waals surface area contributed by atoms with Crippen LogP contribution in [0.2, 0.25) is 0 Å². The Kier molecular flexibility index (Phi) is 6.70. The molecule has 0 atom stereocenters. The molecular weight excluding hydrogens is 364 g/mol. The molecule has 1 aliphatic heterocycles. The highest BCUT2D eigenvalue weighted by atomic mass is 16.6. The summed E-state index contributed by atoms with van der Waals surface area (Å²) in [4.78, 5) is 28.4. The van der Waals surface area contributed by atoms with E-state index in [0.717, 1.165) is 31.5 Å². The molecule has 0 spiro atoms. The van der Waals surface area contributed by atoms with E-state index in [1.807, 2.05) is 30.3 Å². The summed E-state index contributed by atoms with van der Waals surface area (Å²) in [5, 5.41) is 0. The average molecular weight is 395 g/mol. The van der Waals surface area contributed by atoms with Crippen LogP contribution in [0.15, 0.2) is 54.6 Å². The molecule has 0 aromatic heterocycles. The van der Waals surface area contributed by atoms with Crippen molar-refractivity contribution in [2.24, 2.45) is 0 Å². The lowest BCUT2D eigenvalue weighted by Crippen LogP contribution is -2.56. The molecule has 0 unspecified atom stereocenters. The highest BCUT2D eigenvalue weighted by Gasteiger charge is 2.38. The fraction of sp³-hybridized carbons (Fsp3) is 0.417. The molecule has 0 saturated carbocycles. The number of Topliss-reactive ketones (excluding diaryl/α,β-unsaturated/α-hetero) is 1. The van der Waals surface area contributed by atoms with Gasteiger partial charge < -0.3 is 9.64 Å². The topological polar surface area (TPSA) is 49.9 Å². The molecule has 1 saturated heterocycles. The maximum atomic E-state index is 12.5. The number of benzene rings is 2. The van der Waals surface area contributed by atoms with E-state index in [-0.39, 0.29) is 17.4 Å². The SMILES string of the molecule is CCC(CC)(c1ccc(C(C)=O)cc1)N1CCN(C(=O)Oc2ccccc2)CC1. The largest absolute Gasteiger partial charge is 0.415 e. The van der Waals surface area contributed by atoms with Gasteiger partial charge in [-0.3, -0.25) is 9.69 Å². The Morgan fingerprint density at radius 1 is 0.897 bits per heavy atom. The molecule has 1 amide bonds. The van der Waals surface area contributed by atoms with Crippen molar-refractivity contribution in [2.75, 3.05) is 26.2 Å². The van der Waals surface area contributed by atoms with Crippen LogP contribution in [-0.4, -0.2) is 47.9 Å². The second-order valence-corrected chi connectivity index (χ2v) is 7.53. The van der Waals surface area contributed by atoms with Gasteiger partial charge in [0.1, 0.15) is 5.75 Å². The Bertz CT molecular complexity index is 821. The molecule has 5 nitrogen and oxygen atoms in total. The fourth-order valence-corrected chi connectivity index (χ4v) is 4.27. The molecule has 1 fully saturated rings. The maximum absolute atomic E-state index is 12.5. The number of carbonyl (C=O) groups excluding carboxylic acids is 2. The van der Waals surface area contributed by atoms with Crippen molar-refractivity contribution < 1.29 is 14.3 Å². The average Bonchev–Trinajstić information content (AvgIpc) is 2.76. The van der Waals surface area contributed by atoms with Gasteiger partial charge in [-0.1, -0.05) is 56.3 Å². The van der Waals surface area contributed by atoms with Crippen molar-refractivity contribution in [3.8, 4) is 5.75 Å². The van der Waals surface area contributed by atoms with Gasteiger partial charge in [0.2, 0.25) is 0 Å². The number of hydrogen-bond donors (Lipinski definition) is 0. The van der Waals surface area contributed by atoms with Crippen LogP contribution in [0.3, 0.4) is 0 Å². The minimum absolute atomic E-state index is 0.0840. The number of para-hydroxylation sites is 1. The third-order valence-electron chi connectivity index (χ3n) is 6.09. The van der Waals surface area contributed by atoms with Gasteiger partial charge in [-0.15, -0.1) is 0 Å². The second-order valence-electron chi connectivity index (χ2n) is 7.53. The minimum atomic E-state index is -0.291. The third-order valence-corrected chi connectivity index (χ3v) is 6.09. The second kappa shape index (κ2) is 9.23. The summed E-state index contributed by atoms with van der Waals surface area (Å²) < 4.78 is 5.48. The van der Waals surface area contributed by atoms with Crippen LogP contribution in [-0.2, 0) is 5.54 Å². The highest BCUT2D eigenvalue weighted by Crippen LogP contribution is 2.36. The lowest BCUT2D eigenvalue weighted by Gasteiger charge is -2.47. The van der Waals surface area contributed by atoms with Gasteiger partial charge in [0, 0.05) is 37.3 Å². The molecule has 0 bridgehead atoms. The Balaban J connectivity index is 1.69. The zero-order valence-electron chi connectivity index (χ0n) is 17.6. The molecule has 1 heterocycles. The summed E-state index contributed by atoms with van der Waals surface area (Å²) in [6.45, 7) is 8.87. The Hall–Kier alpha value is -2.66. The molecule has 29 heavy (non-hydrogen) atoms. The smallest absolute Gasteiger partial charge is 0.410 e. The monoisotopic (exact) mass is 394 g/mol. The molecule has 2 aromatic carbocycles. The van der Waals surface area contributed by atoms with E-state index >= 15 is 0 Å². The molecule has 0 radical (unpaired) electrons. The maximum Gasteiger partial charge on any atom is 0.415 e. The number of carbonyl (C=O) groups is 2. The molecule has 0 N–H and O–H groups in total. The van der Waals surface area contributed by atoms with Crippen LogP contribution >= 0.6 is 0 Å². The van der Waals surface area contributed by atoms with Crippen LogP contribution in [0.25, 0.3) is 0 Å². The van der Waals surface area contributed by atoms with E-state index < -0.39 is 0 Å². The van der Waals surface area contributed by atoms with Crippen molar-refractivity contribution in [3.63, 3.8) is 0 Å². The predicted molar refractivity (Wildman–Crippen MR) is 114 cm³/mol. The summed E-state index contributed by atoms with van der Waals surface area (Å²) in [5.74, 6) is 0.655. The van der Waals surface area contributed by atoms with Crippen LogP contribution in [0.4, 0.5) is 4.79 Å². The Morgan fingerprint density at radius 3 is 2.00 bits per heavy atom. The summed E-state index contributed by atoms with van der Waals surface area (Å²) >= 11 is 0. The summed E-state index contributed by atoms with van der Waals surface area (Å²) in [5.41, 5.74) is 1.88. The van der Waals surface area contributed by atoms with Gasteiger partial charge in [0.15, 0.2) is 5.78 Å². The Labute approximate surface area is 173 Å². The van der Waals surface area contributed by atoms with Crippen molar-refractivity contribution >= 4 is 11.9 Å². The van der Waals surface area contributed by atoms with E-state index in [4.69, 9.17) is 4.74 Å². The molecule has 3 rings (SSSR count). The van der Waals surface area contributed by atoms with Crippen molar-refractivity contribution in [2.45, 2.75) is 39.2 Å². The molecule has 5 heteroatoms. The van der Waals surface area contributed by atoms with Crippen LogP contribution in [0, 0.1) is 0 Å². The third kappa shape index (κ3) is 4.51. The number of piperazine rings is 1. The summed E-state index contributed by atoms with van der Waals surface area (Å²) in [6, 6.07) is 17.2. The van der Waals surface area contributed by atoms with Gasteiger partial charge in [-0.2, -0.15) is 0 Å². The number of hydrogen-bond acceptors (Lipinski definition) is 4. The van der Waals surface area contributed by atoms with Crippen molar-refractivity contribution in [1.29, 1.82) is 0 Å². The van der Waals surface area contributed by atoms with Crippen molar-refractivity contribution in [3.05, 3.63) is 65.7 Å². The number of ether oxygens (including phenoxy) is 1. The first-order valence-corrected chi connectivity index (χ1v) is 10.4. The number of rotatable bonds is 6. The van der Waals surface area contributed by atoms with E-state index in [2.05, 4.69) is 30.9 Å². The summed E-state index contributed by atoms with van der Waals surface area (Å²) in [7, 11) is 0. The number of ketones is 1. The first-order valence-electron chi connectivity index (χ1n) is 10.4. The minimum Gasteiger partial charge on any atom is -0.410 e. The standard InChI is InChI=1S/C24H30N2O3/c1-4-24(5-2,21-13-11-20(12-14-21)19(3)27)26-17-15-25(16-18-26)23(28)29-22-9-7-6-8-10-22/h6-14H,4-5,15-18H2,1-3H3. The first kappa shape index (κ1) is 21.1. The fourth-order valence-electron chi connectivity index (χ4n) is 4.27. The van der Waals surface area contributed by atoms with E-state index in [1.165, 1.54) is 5.56 Å². The highest BCUT2D eigenvalue weighted by molar-refractivity contribution is 5.94. The van der Waals surface area contributed by atoms with Gasteiger partial charge in [-0.05, 0) is 37.5 Å². The van der Waals surface area contributed by atoms with E-state index in [1.54, 1.807) is 24.0 Å². The summed E-state index contributed by atoms with van der Waals surface area (Å²) in [6.07, 6.45) is 1.65. The van der Waals surface area contributed by atoms with Gasteiger partial charge in [0.25, 0.3) is 0 Å². The molecule has 1 aliphatic rings. The van der Waals surface area contributed by atoms with Gasteiger partial charge >= 0.3 is 6.09 Å².